The van der Waals surface area contributed by atoms with Gasteiger partial charge in [-0.15, -0.1) is 0 Å². The average Bonchev–Trinajstić information content (AvgIpc) is 3.08. The van der Waals surface area contributed by atoms with E-state index >= 15 is 0 Å². The van der Waals surface area contributed by atoms with Crippen LogP contribution < -0.4 is 5.32 Å². The van der Waals surface area contributed by atoms with E-state index in [4.69, 9.17) is 0 Å². The van der Waals surface area contributed by atoms with Crippen LogP contribution in [0.5, 0.6) is 0 Å². The van der Waals surface area contributed by atoms with E-state index in [-0.39, 0.29) is 17.9 Å². The van der Waals surface area contributed by atoms with Crippen LogP contribution in [0, 0.1) is 11.8 Å². The number of nitrogens with one attached hydrogen (secondary N) is 1. The third-order valence-electron chi connectivity index (χ3n) is 3.82. The van der Waals surface area contributed by atoms with Crippen molar-refractivity contribution in [3.8, 4) is 0 Å². The number of amides is 1. The molecule has 1 aromatic rings. The van der Waals surface area contributed by atoms with Gasteiger partial charge in [-0.2, -0.15) is 0 Å². The van der Waals surface area contributed by atoms with Crippen molar-refractivity contribution in [3.05, 3.63) is 35.4 Å². The van der Waals surface area contributed by atoms with E-state index in [1.807, 2.05) is 0 Å². The molecular weight excluding hydrogens is 222 g/mol. The highest BCUT2D eigenvalue weighted by Crippen LogP contribution is 2.38. The maximum Gasteiger partial charge on any atom is 0.223 e. The van der Waals surface area contributed by atoms with Crippen LogP contribution in [0.4, 0.5) is 0 Å². The van der Waals surface area contributed by atoms with Crippen molar-refractivity contribution in [3.63, 3.8) is 0 Å². The first-order valence-corrected chi connectivity index (χ1v) is 7.01. The highest BCUT2D eigenvalue weighted by atomic mass is 16.2. The van der Waals surface area contributed by atoms with Crippen LogP contribution >= 0.6 is 0 Å². The maximum absolute atomic E-state index is 11.9. The second-order valence-electron chi connectivity index (χ2n) is 5.54. The van der Waals surface area contributed by atoms with Crippen LogP contribution in [0.3, 0.4) is 0 Å². The van der Waals surface area contributed by atoms with Gasteiger partial charge in [-0.1, -0.05) is 44.5 Å². The molecule has 0 aromatic heterocycles. The Bertz CT molecular complexity index is 410. The van der Waals surface area contributed by atoms with Gasteiger partial charge in [0.05, 0.1) is 6.04 Å². The Kier molecular flexibility index (Phi) is 4.05. The van der Waals surface area contributed by atoms with Crippen molar-refractivity contribution in [2.24, 2.45) is 11.8 Å². The lowest BCUT2D eigenvalue weighted by atomic mass is 10.0. The molecule has 0 spiro atoms. The first-order valence-electron chi connectivity index (χ1n) is 7.01. The molecule has 1 amide bonds. The van der Waals surface area contributed by atoms with Gasteiger partial charge >= 0.3 is 0 Å². The zero-order valence-corrected chi connectivity index (χ0v) is 11.6. The van der Waals surface area contributed by atoms with Gasteiger partial charge in [0.2, 0.25) is 5.91 Å². The van der Waals surface area contributed by atoms with Crippen LogP contribution in [0.1, 0.15) is 50.8 Å². The number of hydrogen-bond donors (Lipinski definition) is 1. The molecule has 98 valence electrons. The van der Waals surface area contributed by atoms with E-state index in [2.05, 4.69) is 50.4 Å². The first kappa shape index (κ1) is 13.1. The largest absolute Gasteiger partial charge is 0.349 e. The Morgan fingerprint density at radius 2 is 2.00 bits per heavy atom. The molecule has 3 unspecified atom stereocenters. The predicted octanol–water partition coefficient (Wildman–Crippen LogP) is 3.47. The van der Waals surface area contributed by atoms with Crippen molar-refractivity contribution in [1.29, 1.82) is 0 Å². The van der Waals surface area contributed by atoms with Crippen LogP contribution in [0.25, 0.3) is 0 Å². The molecule has 2 rings (SSSR count). The van der Waals surface area contributed by atoms with Crippen LogP contribution in [0.2, 0.25) is 0 Å². The molecule has 1 fully saturated rings. The van der Waals surface area contributed by atoms with E-state index in [9.17, 15) is 4.79 Å². The highest BCUT2D eigenvalue weighted by molar-refractivity contribution is 5.81. The molecule has 18 heavy (non-hydrogen) atoms. The minimum absolute atomic E-state index is 0.112. The fourth-order valence-electron chi connectivity index (χ4n) is 2.35. The van der Waals surface area contributed by atoms with Gasteiger partial charge in [-0.25, -0.2) is 0 Å². The topological polar surface area (TPSA) is 29.1 Å². The van der Waals surface area contributed by atoms with E-state index in [0.29, 0.717) is 5.92 Å². The molecule has 0 bridgehead atoms. The van der Waals surface area contributed by atoms with E-state index < -0.39 is 0 Å². The summed E-state index contributed by atoms with van der Waals surface area (Å²) in [6, 6.07) is 8.71. The van der Waals surface area contributed by atoms with Crippen molar-refractivity contribution < 1.29 is 4.79 Å². The molecule has 0 radical (unpaired) electrons. The van der Waals surface area contributed by atoms with E-state index in [1.165, 1.54) is 17.5 Å². The lowest BCUT2D eigenvalue weighted by Crippen LogP contribution is -2.28. The lowest BCUT2D eigenvalue weighted by Gasteiger charge is -2.14. The summed E-state index contributed by atoms with van der Waals surface area (Å²) in [6.45, 7) is 6.38. The Morgan fingerprint density at radius 3 is 2.50 bits per heavy atom. The van der Waals surface area contributed by atoms with E-state index in [1.54, 1.807) is 0 Å². The Morgan fingerprint density at radius 1 is 1.39 bits per heavy atom. The second-order valence-corrected chi connectivity index (χ2v) is 5.54. The van der Waals surface area contributed by atoms with Crippen LogP contribution in [-0.2, 0) is 11.2 Å². The normalized spacial score (nSPS) is 23.5. The van der Waals surface area contributed by atoms with Gasteiger partial charge in [-0.3, -0.25) is 4.79 Å². The standard InChI is InChI=1S/C16H23NO/c1-4-5-13-6-8-14(9-7-13)12(3)17-16(18)15-10-11(15)2/h6-9,11-12,15H,4-5,10H2,1-3H3,(H,17,18). The SMILES string of the molecule is CCCc1ccc(C(C)NC(=O)C2CC2C)cc1. The lowest BCUT2D eigenvalue weighted by molar-refractivity contribution is -0.123. The molecule has 1 aliphatic rings. The summed E-state index contributed by atoms with van der Waals surface area (Å²) in [5.41, 5.74) is 2.56. The minimum Gasteiger partial charge on any atom is -0.349 e. The molecule has 1 aromatic carbocycles. The first-order chi connectivity index (χ1) is 8.61. The molecular formula is C16H23NO. The van der Waals surface area contributed by atoms with Gasteiger partial charge in [0.1, 0.15) is 0 Å². The number of rotatable bonds is 5. The third kappa shape index (κ3) is 3.12. The quantitative estimate of drug-likeness (QED) is 0.845. The van der Waals surface area contributed by atoms with Gasteiger partial charge in [0, 0.05) is 5.92 Å². The number of hydrogen-bond acceptors (Lipinski definition) is 1. The predicted molar refractivity (Wildman–Crippen MR) is 74.3 cm³/mol. The number of carbonyl (C=O) groups excluding carboxylic acids is 1. The molecule has 1 saturated carbocycles. The van der Waals surface area contributed by atoms with E-state index in [0.717, 1.165) is 12.8 Å². The zero-order valence-electron chi connectivity index (χ0n) is 11.6. The van der Waals surface area contributed by atoms with Crippen molar-refractivity contribution in [1.82, 2.24) is 5.32 Å². The number of carbonyl (C=O) groups is 1. The third-order valence-corrected chi connectivity index (χ3v) is 3.82. The van der Waals surface area contributed by atoms with Gasteiger partial charge in [0.15, 0.2) is 0 Å². The summed E-state index contributed by atoms with van der Waals surface area (Å²) in [7, 11) is 0. The molecule has 0 aliphatic heterocycles. The van der Waals surface area contributed by atoms with Gasteiger partial charge < -0.3 is 5.32 Å². The second kappa shape index (κ2) is 5.55. The Balaban J connectivity index is 1.91. The van der Waals surface area contributed by atoms with Crippen molar-refractivity contribution in [2.45, 2.75) is 46.1 Å². The van der Waals surface area contributed by atoms with Gasteiger partial charge in [0.25, 0.3) is 0 Å². The minimum atomic E-state index is 0.112. The van der Waals surface area contributed by atoms with Crippen LogP contribution in [0.15, 0.2) is 24.3 Å². The molecule has 0 heterocycles. The number of aryl methyl sites for hydroxylation is 1. The average molecular weight is 245 g/mol. The summed E-state index contributed by atoms with van der Waals surface area (Å²) in [5.74, 6) is 1.04. The molecule has 2 nitrogen and oxygen atoms in total. The summed E-state index contributed by atoms with van der Waals surface area (Å²) in [5, 5.41) is 3.10. The monoisotopic (exact) mass is 245 g/mol. The van der Waals surface area contributed by atoms with Gasteiger partial charge in [-0.05, 0) is 36.8 Å². The fourth-order valence-corrected chi connectivity index (χ4v) is 2.35. The smallest absolute Gasteiger partial charge is 0.223 e. The maximum atomic E-state index is 11.9. The zero-order chi connectivity index (χ0) is 13.1. The Hall–Kier alpha value is -1.31. The summed E-state index contributed by atoms with van der Waals surface area (Å²) in [4.78, 5) is 11.9. The summed E-state index contributed by atoms with van der Waals surface area (Å²) < 4.78 is 0. The molecule has 3 atom stereocenters. The van der Waals surface area contributed by atoms with Crippen molar-refractivity contribution >= 4 is 5.91 Å². The fraction of sp³-hybridized carbons (Fsp3) is 0.562. The van der Waals surface area contributed by atoms with Crippen molar-refractivity contribution in [2.75, 3.05) is 0 Å². The van der Waals surface area contributed by atoms with Crippen LogP contribution in [-0.4, -0.2) is 5.91 Å². The molecule has 1 N–H and O–H groups in total. The highest BCUT2D eigenvalue weighted by Gasteiger charge is 2.39. The summed E-state index contributed by atoms with van der Waals surface area (Å²) in [6.07, 6.45) is 3.35. The molecule has 2 heteroatoms. The molecule has 0 saturated heterocycles. The Labute approximate surface area is 110 Å². The molecule has 1 aliphatic carbocycles. The summed E-state index contributed by atoms with van der Waals surface area (Å²) >= 11 is 0. The number of benzene rings is 1.